The van der Waals surface area contributed by atoms with Crippen molar-refractivity contribution in [3.8, 4) is 11.3 Å². The topological polar surface area (TPSA) is 51.2 Å². The molecule has 0 spiro atoms. The van der Waals surface area contributed by atoms with E-state index in [2.05, 4.69) is 38.4 Å². The van der Waals surface area contributed by atoms with E-state index in [1.54, 1.807) is 24.5 Å². The zero-order valence-electron chi connectivity index (χ0n) is 14.1. The fourth-order valence-corrected chi connectivity index (χ4v) is 4.30. The lowest BCUT2D eigenvalue weighted by Crippen LogP contribution is -2.07. The number of thiophene rings is 1. The first-order chi connectivity index (χ1) is 12.6. The molecule has 7 heteroatoms. The number of nitrogens with one attached hydrogen (secondary N) is 1. The first-order valence-corrected chi connectivity index (χ1v) is 10.4. The van der Waals surface area contributed by atoms with Crippen LogP contribution in [0.4, 0.5) is 5.13 Å². The van der Waals surface area contributed by atoms with Crippen LogP contribution in [0.2, 0.25) is 0 Å². The highest BCUT2D eigenvalue weighted by atomic mass is 79.9. The van der Waals surface area contributed by atoms with Crippen LogP contribution in [0.3, 0.4) is 0 Å². The number of hydrogen-bond acceptors (Lipinski definition) is 5. The number of aromatic nitrogens is 1. The van der Waals surface area contributed by atoms with Crippen molar-refractivity contribution < 1.29 is 9.53 Å². The zero-order chi connectivity index (χ0) is 18.4. The van der Waals surface area contributed by atoms with Crippen LogP contribution in [0.25, 0.3) is 17.3 Å². The van der Waals surface area contributed by atoms with Crippen molar-refractivity contribution in [1.82, 2.24) is 4.98 Å². The van der Waals surface area contributed by atoms with Crippen LogP contribution < -0.4 is 5.32 Å². The highest BCUT2D eigenvalue weighted by Crippen LogP contribution is 2.26. The predicted octanol–water partition coefficient (Wildman–Crippen LogP) is 5.47. The standard InChI is InChI=1S/C19H17BrN2O2S2/c1-24-11-10-13-2-4-14(5-3-13)16-12-25-19(21-16)22-18(23)9-7-15-6-8-17(20)26-15/h2-9,12H,10-11H2,1H3,(H,21,22,23)/b9-7+. The molecule has 3 rings (SSSR count). The summed E-state index contributed by atoms with van der Waals surface area (Å²) in [7, 11) is 1.70. The molecule has 2 heterocycles. The normalized spacial score (nSPS) is 11.2. The third kappa shape index (κ3) is 5.35. The van der Waals surface area contributed by atoms with Gasteiger partial charge in [0.25, 0.3) is 0 Å². The highest BCUT2D eigenvalue weighted by molar-refractivity contribution is 9.11. The van der Waals surface area contributed by atoms with E-state index in [-0.39, 0.29) is 5.91 Å². The van der Waals surface area contributed by atoms with E-state index < -0.39 is 0 Å². The number of thiazole rings is 1. The summed E-state index contributed by atoms with van der Waals surface area (Å²) in [5.74, 6) is -0.190. The van der Waals surface area contributed by atoms with E-state index in [4.69, 9.17) is 4.74 Å². The van der Waals surface area contributed by atoms with Crippen molar-refractivity contribution in [2.24, 2.45) is 0 Å². The summed E-state index contributed by atoms with van der Waals surface area (Å²) >= 11 is 6.39. The van der Waals surface area contributed by atoms with Crippen LogP contribution in [0, 0.1) is 0 Å². The number of anilines is 1. The Hall–Kier alpha value is -1.80. The third-order valence-corrected chi connectivity index (χ3v) is 5.92. The molecular formula is C19H17BrN2O2S2. The number of methoxy groups -OCH3 is 1. The highest BCUT2D eigenvalue weighted by Gasteiger charge is 2.07. The van der Waals surface area contributed by atoms with Crippen molar-refractivity contribution >= 4 is 55.7 Å². The molecule has 0 aliphatic carbocycles. The Morgan fingerprint density at radius 2 is 2.08 bits per heavy atom. The molecule has 1 aromatic carbocycles. The van der Waals surface area contributed by atoms with Gasteiger partial charge in [0.15, 0.2) is 5.13 Å². The molecule has 0 saturated heterocycles. The summed E-state index contributed by atoms with van der Waals surface area (Å²) in [5, 5.41) is 5.34. The predicted molar refractivity (Wildman–Crippen MR) is 113 cm³/mol. The van der Waals surface area contributed by atoms with Crippen molar-refractivity contribution in [2.45, 2.75) is 6.42 Å². The van der Waals surface area contributed by atoms with Crippen LogP contribution in [-0.4, -0.2) is 24.6 Å². The van der Waals surface area contributed by atoms with E-state index in [9.17, 15) is 4.79 Å². The van der Waals surface area contributed by atoms with E-state index >= 15 is 0 Å². The molecular weight excluding hydrogens is 432 g/mol. The summed E-state index contributed by atoms with van der Waals surface area (Å²) in [4.78, 5) is 17.5. The summed E-state index contributed by atoms with van der Waals surface area (Å²) in [5.41, 5.74) is 3.11. The molecule has 0 atom stereocenters. The van der Waals surface area contributed by atoms with Crippen molar-refractivity contribution in [3.05, 3.63) is 62.1 Å². The number of benzene rings is 1. The molecule has 0 saturated carbocycles. The number of hydrogen-bond donors (Lipinski definition) is 1. The maximum Gasteiger partial charge on any atom is 0.250 e. The Bertz CT molecular complexity index is 900. The molecule has 2 aromatic heterocycles. The van der Waals surface area contributed by atoms with E-state index in [1.165, 1.54) is 23.0 Å². The number of amides is 1. The second-order valence-electron chi connectivity index (χ2n) is 5.44. The Morgan fingerprint density at radius 3 is 2.77 bits per heavy atom. The Kier molecular flexibility index (Phi) is 6.73. The molecule has 3 aromatic rings. The van der Waals surface area contributed by atoms with Crippen molar-refractivity contribution in [2.75, 3.05) is 19.0 Å². The zero-order valence-corrected chi connectivity index (χ0v) is 17.3. The first-order valence-electron chi connectivity index (χ1n) is 7.92. The van der Waals surface area contributed by atoms with E-state index in [1.807, 2.05) is 29.6 Å². The van der Waals surface area contributed by atoms with Gasteiger partial charge in [-0.15, -0.1) is 22.7 Å². The second-order valence-corrected chi connectivity index (χ2v) is 8.79. The van der Waals surface area contributed by atoms with Crippen LogP contribution in [0.5, 0.6) is 0 Å². The molecule has 0 fully saturated rings. The Labute approximate surface area is 168 Å². The molecule has 1 amide bonds. The summed E-state index contributed by atoms with van der Waals surface area (Å²) in [6, 6.07) is 12.1. The molecule has 134 valence electrons. The third-order valence-electron chi connectivity index (χ3n) is 3.57. The van der Waals surface area contributed by atoms with Gasteiger partial charge in [-0.2, -0.15) is 0 Å². The lowest BCUT2D eigenvalue weighted by atomic mass is 10.1. The molecule has 0 aliphatic heterocycles. The van der Waals surface area contributed by atoms with Gasteiger partial charge in [0.1, 0.15) is 0 Å². The van der Waals surface area contributed by atoms with E-state index in [0.29, 0.717) is 11.7 Å². The average Bonchev–Trinajstić information content (AvgIpc) is 3.27. The number of halogens is 1. The minimum absolute atomic E-state index is 0.190. The average molecular weight is 449 g/mol. The number of carbonyl (C=O) groups is 1. The monoisotopic (exact) mass is 448 g/mol. The molecule has 0 unspecified atom stereocenters. The van der Waals surface area contributed by atoms with Gasteiger partial charge in [-0.1, -0.05) is 24.3 Å². The molecule has 1 N–H and O–H groups in total. The lowest BCUT2D eigenvalue weighted by Gasteiger charge is -2.02. The van der Waals surface area contributed by atoms with Crippen molar-refractivity contribution in [1.29, 1.82) is 0 Å². The second kappa shape index (κ2) is 9.23. The van der Waals surface area contributed by atoms with Gasteiger partial charge in [0, 0.05) is 29.0 Å². The number of rotatable bonds is 7. The fraction of sp³-hybridized carbons (Fsp3) is 0.158. The maximum atomic E-state index is 12.0. The summed E-state index contributed by atoms with van der Waals surface area (Å²) < 4.78 is 6.13. The molecule has 0 bridgehead atoms. The maximum absolute atomic E-state index is 12.0. The molecule has 0 radical (unpaired) electrons. The van der Waals surface area contributed by atoms with Crippen LogP contribution >= 0.6 is 38.6 Å². The van der Waals surface area contributed by atoms with Gasteiger partial charge < -0.3 is 4.74 Å². The lowest BCUT2D eigenvalue weighted by molar-refractivity contribution is -0.111. The first kappa shape index (κ1) is 19.0. The minimum atomic E-state index is -0.190. The van der Waals surface area contributed by atoms with Gasteiger partial charge in [-0.25, -0.2) is 4.98 Å². The van der Waals surface area contributed by atoms with Crippen LogP contribution in [0.15, 0.2) is 51.6 Å². The minimum Gasteiger partial charge on any atom is -0.384 e. The number of nitrogens with zero attached hydrogens (tertiary/aromatic N) is 1. The smallest absolute Gasteiger partial charge is 0.250 e. The molecule has 4 nitrogen and oxygen atoms in total. The van der Waals surface area contributed by atoms with E-state index in [0.717, 1.165) is 26.3 Å². The number of carbonyl (C=O) groups excluding carboxylic acids is 1. The van der Waals surface area contributed by atoms with Crippen molar-refractivity contribution in [3.63, 3.8) is 0 Å². The SMILES string of the molecule is COCCc1ccc(-c2csc(NC(=O)/C=C/c3ccc(Br)s3)n2)cc1. The largest absolute Gasteiger partial charge is 0.384 e. The van der Waals surface area contributed by atoms with Crippen LogP contribution in [0.1, 0.15) is 10.4 Å². The van der Waals surface area contributed by atoms with Gasteiger partial charge in [-0.3, -0.25) is 10.1 Å². The van der Waals surface area contributed by atoms with Gasteiger partial charge >= 0.3 is 0 Å². The number of ether oxygens (including phenoxy) is 1. The quantitative estimate of drug-likeness (QED) is 0.487. The molecule has 26 heavy (non-hydrogen) atoms. The summed E-state index contributed by atoms with van der Waals surface area (Å²) in [6.45, 7) is 0.710. The fourth-order valence-electron chi connectivity index (χ4n) is 2.25. The van der Waals surface area contributed by atoms with Crippen LogP contribution in [-0.2, 0) is 16.0 Å². The Morgan fingerprint density at radius 1 is 1.27 bits per heavy atom. The van der Waals surface area contributed by atoms with Gasteiger partial charge in [-0.05, 0) is 46.1 Å². The molecule has 0 aliphatic rings. The van der Waals surface area contributed by atoms with Gasteiger partial charge in [0.2, 0.25) is 5.91 Å². The summed E-state index contributed by atoms with van der Waals surface area (Å²) in [6.07, 6.45) is 4.20. The Balaban J connectivity index is 1.60. The van der Waals surface area contributed by atoms with Gasteiger partial charge in [0.05, 0.1) is 16.1 Å².